The summed E-state index contributed by atoms with van der Waals surface area (Å²) in [5.74, 6) is -1.32. The molecule has 1 aromatic heterocycles. The van der Waals surface area contributed by atoms with E-state index in [9.17, 15) is 18.0 Å². The number of nitrogens with zero attached hydrogens (tertiary/aromatic N) is 3. The van der Waals surface area contributed by atoms with Gasteiger partial charge in [-0.2, -0.15) is 9.40 Å². The molecule has 146 valence electrons. The predicted molar refractivity (Wildman–Crippen MR) is 92.4 cm³/mol. The van der Waals surface area contributed by atoms with E-state index in [-0.39, 0.29) is 31.5 Å². The molecule has 0 aliphatic carbocycles. The minimum atomic E-state index is -3.70. The van der Waals surface area contributed by atoms with E-state index in [1.54, 1.807) is 6.07 Å². The van der Waals surface area contributed by atoms with E-state index < -0.39 is 28.6 Å². The molecular formula is C15H24N4O6S. The van der Waals surface area contributed by atoms with Gasteiger partial charge in [0.25, 0.3) is 5.91 Å². The zero-order valence-electron chi connectivity index (χ0n) is 15.0. The number of rotatable bonds is 7. The maximum Gasteiger partial charge on any atom is 0.318 e. The molecule has 2 rings (SSSR count). The maximum atomic E-state index is 12.6. The Morgan fingerprint density at radius 3 is 2.73 bits per heavy atom. The van der Waals surface area contributed by atoms with Crippen LogP contribution in [0.2, 0.25) is 0 Å². The lowest BCUT2D eigenvalue weighted by Crippen LogP contribution is -2.51. The van der Waals surface area contributed by atoms with Crippen molar-refractivity contribution in [3.05, 3.63) is 17.5 Å². The number of aromatic amines is 1. The number of hydrogen-bond donors (Lipinski definition) is 2. The highest BCUT2D eigenvalue weighted by Gasteiger charge is 2.30. The number of H-pyrrole nitrogens is 1. The van der Waals surface area contributed by atoms with E-state index in [0.29, 0.717) is 12.2 Å². The molecule has 2 heterocycles. The lowest BCUT2D eigenvalue weighted by Gasteiger charge is -2.34. The van der Waals surface area contributed by atoms with E-state index in [2.05, 4.69) is 10.2 Å². The first kappa shape index (κ1) is 20.3. The molecule has 0 bridgehead atoms. The molecule has 11 heteroatoms. The van der Waals surface area contributed by atoms with Gasteiger partial charge >= 0.3 is 5.97 Å². The van der Waals surface area contributed by atoms with Crippen LogP contribution in [0.3, 0.4) is 0 Å². The third kappa shape index (κ3) is 5.26. The number of nitrogens with one attached hydrogen (secondary N) is 1. The summed E-state index contributed by atoms with van der Waals surface area (Å²) in [4.78, 5) is 25.0. The van der Waals surface area contributed by atoms with Crippen molar-refractivity contribution in [1.82, 2.24) is 19.4 Å². The highest BCUT2D eigenvalue weighted by molar-refractivity contribution is 7.88. The molecule has 1 aliphatic heterocycles. The zero-order valence-corrected chi connectivity index (χ0v) is 15.8. The summed E-state index contributed by atoms with van der Waals surface area (Å²) in [7, 11) is -3.70. The Labute approximate surface area is 152 Å². The van der Waals surface area contributed by atoms with Crippen molar-refractivity contribution >= 4 is 21.9 Å². The smallest absolute Gasteiger partial charge is 0.318 e. The summed E-state index contributed by atoms with van der Waals surface area (Å²) in [5, 5.41) is 15.8. The summed E-state index contributed by atoms with van der Waals surface area (Å²) in [6, 6.07) is 1.70. The first-order chi connectivity index (χ1) is 12.1. The molecule has 0 saturated carbocycles. The Morgan fingerprint density at radius 1 is 1.50 bits per heavy atom. The largest absolute Gasteiger partial charge is 0.480 e. The van der Waals surface area contributed by atoms with E-state index >= 15 is 0 Å². The van der Waals surface area contributed by atoms with Crippen molar-refractivity contribution in [3.8, 4) is 0 Å². The number of carbonyl (C=O) groups is 2. The second-order valence-corrected chi connectivity index (χ2v) is 8.54. The monoisotopic (exact) mass is 388 g/mol. The molecular weight excluding hydrogens is 364 g/mol. The van der Waals surface area contributed by atoms with Crippen LogP contribution < -0.4 is 0 Å². The molecule has 0 spiro atoms. The lowest BCUT2D eigenvalue weighted by molar-refractivity contribution is -0.137. The number of carboxylic acids is 1. The molecule has 1 fully saturated rings. The highest BCUT2D eigenvalue weighted by Crippen LogP contribution is 2.16. The van der Waals surface area contributed by atoms with Gasteiger partial charge in [-0.25, -0.2) is 8.42 Å². The van der Waals surface area contributed by atoms with Crippen LogP contribution >= 0.6 is 0 Å². The molecule has 1 aromatic rings. The average molecular weight is 388 g/mol. The quantitative estimate of drug-likeness (QED) is 0.656. The third-order valence-corrected chi connectivity index (χ3v) is 5.27. The maximum absolute atomic E-state index is 12.6. The molecule has 0 aromatic carbocycles. The number of amides is 1. The van der Waals surface area contributed by atoms with Gasteiger partial charge in [-0.1, -0.05) is 13.8 Å². The molecule has 1 saturated heterocycles. The molecule has 26 heavy (non-hydrogen) atoms. The van der Waals surface area contributed by atoms with Gasteiger partial charge in [-0.3, -0.25) is 14.7 Å². The van der Waals surface area contributed by atoms with Gasteiger partial charge in [-0.05, 0) is 12.0 Å². The average Bonchev–Trinajstić information content (AvgIpc) is 3.03. The highest BCUT2D eigenvalue weighted by atomic mass is 32.2. The molecule has 1 atom stereocenters. The first-order valence-electron chi connectivity index (χ1n) is 8.21. The zero-order chi connectivity index (χ0) is 19.5. The predicted octanol–water partition coefficient (Wildman–Crippen LogP) is -0.280. The molecule has 0 unspecified atom stereocenters. The van der Waals surface area contributed by atoms with Crippen molar-refractivity contribution in [3.63, 3.8) is 0 Å². The van der Waals surface area contributed by atoms with Gasteiger partial charge in [0, 0.05) is 25.3 Å². The number of aromatic nitrogens is 2. The van der Waals surface area contributed by atoms with Gasteiger partial charge < -0.3 is 14.7 Å². The van der Waals surface area contributed by atoms with Crippen molar-refractivity contribution in [2.75, 3.05) is 39.0 Å². The van der Waals surface area contributed by atoms with Crippen molar-refractivity contribution in [2.45, 2.75) is 25.9 Å². The second-order valence-electron chi connectivity index (χ2n) is 6.56. The molecule has 1 aliphatic rings. The molecule has 10 nitrogen and oxygen atoms in total. The van der Waals surface area contributed by atoms with E-state index in [1.807, 2.05) is 13.8 Å². The van der Waals surface area contributed by atoms with Gasteiger partial charge in [0.1, 0.15) is 12.2 Å². The topological polar surface area (TPSA) is 133 Å². The number of ether oxygens (including phenoxy) is 1. The summed E-state index contributed by atoms with van der Waals surface area (Å²) >= 11 is 0. The van der Waals surface area contributed by atoms with Crippen LogP contribution in [-0.2, 0) is 19.6 Å². The fraction of sp³-hybridized carbons (Fsp3) is 0.667. The van der Waals surface area contributed by atoms with Gasteiger partial charge in [-0.15, -0.1) is 0 Å². The fourth-order valence-corrected chi connectivity index (χ4v) is 3.40. The van der Waals surface area contributed by atoms with E-state index in [4.69, 9.17) is 9.84 Å². The van der Waals surface area contributed by atoms with E-state index in [0.717, 1.165) is 16.3 Å². The van der Waals surface area contributed by atoms with Gasteiger partial charge in [0.15, 0.2) is 0 Å². The lowest BCUT2D eigenvalue weighted by atomic mass is 10.1. The Morgan fingerprint density at radius 2 is 2.19 bits per heavy atom. The van der Waals surface area contributed by atoms with Crippen LogP contribution in [0.25, 0.3) is 0 Å². The van der Waals surface area contributed by atoms with Crippen molar-refractivity contribution in [2.24, 2.45) is 0 Å². The molecule has 2 N–H and O–H groups in total. The number of morpholine rings is 1. The summed E-state index contributed by atoms with van der Waals surface area (Å²) in [6.07, 6.45) is 0.337. The van der Waals surface area contributed by atoms with Gasteiger partial charge in [0.2, 0.25) is 10.0 Å². The third-order valence-electron chi connectivity index (χ3n) is 4.05. The first-order valence-corrected chi connectivity index (χ1v) is 10.1. The number of hydrogen-bond acceptors (Lipinski definition) is 6. The van der Waals surface area contributed by atoms with Crippen LogP contribution in [0.5, 0.6) is 0 Å². The van der Waals surface area contributed by atoms with Crippen LogP contribution in [0.1, 0.15) is 35.9 Å². The minimum absolute atomic E-state index is 0.132. The number of aliphatic carboxylic acids is 1. The molecule has 1 amide bonds. The van der Waals surface area contributed by atoms with Crippen molar-refractivity contribution < 1.29 is 27.9 Å². The summed E-state index contributed by atoms with van der Waals surface area (Å²) < 4.78 is 29.9. The Balaban J connectivity index is 2.05. The number of carboxylic acid groups (broad SMARTS) is 1. The molecule has 0 radical (unpaired) electrons. The SMILES string of the molecule is CC(C)c1cc(C(=O)N2CCO[C@H](CN(CC(=O)O)S(C)(=O)=O)C2)n[nH]1. The van der Waals surface area contributed by atoms with E-state index in [1.165, 1.54) is 4.90 Å². The summed E-state index contributed by atoms with van der Waals surface area (Å²) in [5.41, 5.74) is 1.14. The van der Waals surface area contributed by atoms with Gasteiger partial charge in [0.05, 0.1) is 19.0 Å². The fourth-order valence-electron chi connectivity index (χ4n) is 2.61. The standard InChI is InChI=1S/C15H24N4O6S/c1-10(2)12-6-13(17-16-12)15(22)18-4-5-25-11(7-18)8-19(9-14(20)21)26(3,23)24/h6,10-11H,4-5,7-9H2,1-3H3,(H,16,17)(H,20,21)/t11-/m0/s1. The number of sulfonamides is 1. The second kappa shape index (κ2) is 8.14. The Bertz CT molecular complexity index is 760. The normalized spacial score (nSPS) is 18.5. The Kier molecular flexibility index (Phi) is 6.37. The minimum Gasteiger partial charge on any atom is -0.480 e. The van der Waals surface area contributed by atoms with Crippen molar-refractivity contribution in [1.29, 1.82) is 0 Å². The van der Waals surface area contributed by atoms with Crippen LogP contribution in [-0.4, -0.2) is 89.9 Å². The summed E-state index contributed by atoms with van der Waals surface area (Å²) in [6.45, 7) is 3.94. The Hall–Kier alpha value is -1.98. The number of carbonyl (C=O) groups excluding carboxylic acids is 1. The van der Waals surface area contributed by atoms with Crippen LogP contribution in [0.4, 0.5) is 0 Å². The van der Waals surface area contributed by atoms with Crippen LogP contribution in [0.15, 0.2) is 6.07 Å². The van der Waals surface area contributed by atoms with Crippen LogP contribution in [0, 0.1) is 0 Å².